The largest absolute Gasteiger partial charge is 0.444 e. The molecule has 1 N–H and O–H groups in total. The standard InChI is InChI=1S/C14H20BrFN2O4S/c1-14(2,3)22-13(19)18(4)8-7-17-23(20,21)12-9-10(15)5-6-11(12)16/h5-6,9,17H,7-8H2,1-4H3. The van der Waals surface area contributed by atoms with Gasteiger partial charge in [-0.25, -0.2) is 22.3 Å². The van der Waals surface area contributed by atoms with Gasteiger partial charge in [0.1, 0.15) is 16.3 Å². The van der Waals surface area contributed by atoms with Crippen molar-refractivity contribution in [2.75, 3.05) is 20.1 Å². The lowest BCUT2D eigenvalue weighted by Crippen LogP contribution is -2.39. The lowest BCUT2D eigenvalue weighted by atomic mass is 10.2. The van der Waals surface area contributed by atoms with Crippen molar-refractivity contribution in [1.29, 1.82) is 0 Å². The lowest BCUT2D eigenvalue weighted by molar-refractivity contribution is 0.0302. The molecule has 0 aliphatic heterocycles. The van der Waals surface area contributed by atoms with Gasteiger partial charge in [-0.2, -0.15) is 0 Å². The molecular formula is C14H20BrFN2O4S. The van der Waals surface area contributed by atoms with Crippen molar-refractivity contribution >= 4 is 32.0 Å². The van der Waals surface area contributed by atoms with Crippen LogP contribution in [0.2, 0.25) is 0 Å². The molecule has 1 aromatic rings. The minimum Gasteiger partial charge on any atom is -0.444 e. The summed E-state index contributed by atoms with van der Waals surface area (Å²) in [7, 11) is -2.52. The number of carbonyl (C=O) groups excluding carboxylic acids is 1. The maximum atomic E-state index is 13.6. The predicted octanol–water partition coefficient (Wildman–Crippen LogP) is 2.73. The molecule has 6 nitrogen and oxygen atoms in total. The summed E-state index contributed by atoms with van der Waals surface area (Å²) in [5.41, 5.74) is -0.635. The minimum atomic E-state index is -4.00. The van der Waals surface area contributed by atoms with Gasteiger partial charge < -0.3 is 9.64 Å². The topological polar surface area (TPSA) is 75.7 Å². The van der Waals surface area contributed by atoms with Crippen molar-refractivity contribution in [2.45, 2.75) is 31.3 Å². The number of sulfonamides is 1. The van der Waals surface area contributed by atoms with Crippen LogP contribution in [0.15, 0.2) is 27.6 Å². The molecule has 0 saturated heterocycles. The quantitative estimate of drug-likeness (QED) is 0.809. The highest BCUT2D eigenvalue weighted by Crippen LogP contribution is 2.19. The molecule has 0 aliphatic carbocycles. The highest BCUT2D eigenvalue weighted by Gasteiger charge is 2.21. The second kappa shape index (κ2) is 7.59. The minimum absolute atomic E-state index is 0.0654. The molecule has 0 heterocycles. The lowest BCUT2D eigenvalue weighted by Gasteiger charge is -2.24. The van der Waals surface area contributed by atoms with E-state index in [1.807, 2.05) is 0 Å². The number of benzene rings is 1. The first-order chi connectivity index (χ1) is 10.4. The SMILES string of the molecule is CN(CCNS(=O)(=O)c1cc(Br)ccc1F)C(=O)OC(C)(C)C. The maximum absolute atomic E-state index is 13.6. The fourth-order valence-electron chi connectivity index (χ4n) is 1.54. The van der Waals surface area contributed by atoms with Gasteiger partial charge in [0.15, 0.2) is 0 Å². The van der Waals surface area contributed by atoms with Crippen molar-refractivity contribution in [3.05, 3.63) is 28.5 Å². The average Bonchev–Trinajstić information content (AvgIpc) is 2.39. The number of hydrogen-bond acceptors (Lipinski definition) is 4. The fraction of sp³-hybridized carbons (Fsp3) is 0.500. The zero-order chi connectivity index (χ0) is 17.8. The van der Waals surface area contributed by atoms with Crippen molar-refractivity contribution in [2.24, 2.45) is 0 Å². The Morgan fingerprint density at radius 3 is 2.57 bits per heavy atom. The van der Waals surface area contributed by atoms with Gasteiger partial charge in [-0.3, -0.25) is 0 Å². The molecule has 1 rings (SSSR count). The number of amides is 1. The molecular weight excluding hydrogens is 391 g/mol. The number of carbonyl (C=O) groups is 1. The molecule has 130 valence electrons. The Morgan fingerprint density at radius 1 is 1.39 bits per heavy atom. The third-order valence-corrected chi connectivity index (χ3v) is 4.60. The molecule has 9 heteroatoms. The van der Waals surface area contributed by atoms with Crippen molar-refractivity contribution < 1.29 is 22.3 Å². The molecule has 1 amide bonds. The van der Waals surface area contributed by atoms with E-state index < -0.39 is 32.4 Å². The molecule has 0 spiro atoms. The second-order valence-electron chi connectivity index (χ2n) is 5.87. The van der Waals surface area contributed by atoms with Gasteiger partial charge in [0.25, 0.3) is 0 Å². The van der Waals surface area contributed by atoms with Crippen molar-refractivity contribution in [3.8, 4) is 0 Å². The Labute approximate surface area is 144 Å². The van der Waals surface area contributed by atoms with E-state index in [1.54, 1.807) is 20.8 Å². The molecule has 0 aromatic heterocycles. The molecule has 0 fully saturated rings. The third-order valence-electron chi connectivity index (χ3n) is 2.63. The van der Waals surface area contributed by atoms with E-state index in [4.69, 9.17) is 4.74 Å². The van der Waals surface area contributed by atoms with Gasteiger partial charge in [-0.15, -0.1) is 0 Å². The van der Waals surface area contributed by atoms with Crippen LogP contribution in [0.3, 0.4) is 0 Å². The fourth-order valence-corrected chi connectivity index (χ4v) is 3.17. The zero-order valence-corrected chi connectivity index (χ0v) is 15.8. The van der Waals surface area contributed by atoms with E-state index in [2.05, 4.69) is 20.7 Å². The Hall–Kier alpha value is -1.19. The predicted molar refractivity (Wildman–Crippen MR) is 88.2 cm³/mol. The Kier molecular flexibility index (Phi) is 6.55. The smallest absolute Gasteiger partial charge is 0.410 e. The molecule has 0 bridgehead atoms. The zero-order valence-electron chi connectivity index (χ0n) is 13.4. The van der Waals surface area contributed by atoms with Crippen LogP contribution >= 0.6 is 15.9 Å². The van der Waals surface area contributed by atoms with Crippen LogP contribution < -0.4 is 4.72 Å². The molecule has 1 aromatic carbocycles. The van der Waals surface area contributed by atoms with Crippen LogP contribution in [0.4, 0.5) is 9.18 Å². The van der Waals surface area contributed by atoms with E-state index >= 15 is 0 Å². The number of rotatable bonds is 5. The van der Waals surface area contributed by atoms with Gasteiger partial charge in [0.2, 0.25) is 10.0 Å². The molecule has 0 aliphatic rings. The van der Waals surface area contributed by atoms with E-state index in [0.29, 0.717) is 4.47 Å². The second-order valence-corrected chi connectivity index (χ2v) is 8.53. The number of nitrogens with zero attached hydrogens (tertiary/aromatic N) is 1. The van der Waals surface area contributed by atoms with Crippen LogP contribution in [-0.2, 0) is 14.8 Å². The van der Waals surface area contributed by atoms with Crippen LogP contribution in [0, 0.1) is 5.82 Å². The summed E-state index contributed by atoms with van der Waals surface area (Å²) in [6.07, 6.45) is -0.565. The summed E-state index contributed by atoms with van der Waals surface area (Å²) >= 11 is 3.10. The van der Waals surface area contributed by atoms with Crippen molar-refractivity contribution in [1.82, 2.24) is 9.62 Å². The van der Waals surface area contributed by atoms with E-state index in [9.17, 15) is 17.6 Å². The summed E-state index contributed by atoms with van der Waals surface area (Å²) in [4.78, 5) is 12.5. The first-order valence-electron chi connectivity index (χ1n) is 6.81. The summed E-state index contributed by atoms with van der Waals surface area (Å²) in [6.45, 7) is 5.22. The summed E-state index contributed by atoms with van der Waals surface area (Å²) in [5.74, 6) is -0.846. The number of hydrogen-bond donors (Lipinski definition) is 1. The van der Waals surface area contributed by atoms with E-state index in [1.165, 1.54) is 24.1 Å². The van der Waals surface area contributed by atoms with Gasteiger partial charge >= 0.3 is 6.09 Å². The summed E-state index contributed by atoms with van der Waals surface area (Å²) in [5, 5.41) is 0. The number of ether oxygens (including phenoxy) is 1. The summed E-state index contributed by atoms with van der Waals surface area (Å²) in [6, 6.07) is 3.64. The number of likely N-dealkylation sites (N-methyl/N-ethyl adjacent to an activating group) is 1. The van der Waals surface area contributed by atoms with Crippen LogP contribution in [0.1, 0.15) is 20.8 Å². The Morgan fingerprint density at radius 2 is 2.00 bits per heavy atom. The van der Waals surface area contributed by atoms with E-state index in [0.717, 1.165) is 6.07 Å². The molecule has 0 saturated carbocycles. The Bertz CT molecular complexity index is 674. The maximum Gasteiger partial charge on any atom is 0.410 e. The molecule has 23 heavy (non-hydrogen) atoms. The highest BCUT2D eigenvalue weighted by molar-refractivity contribution is 9.10. The van der Waals surface area contributed by atoms with Gasteiger partial charge in [0.05, 0.1) is 0 Å². The molecule has 0 atom stereocenters. The molecule has 0 unspecified atom stereocenters. The number of halogens is 2. The average molecular weight is 411 g/mol. The third kappa shape index (κ3) is 6.44. The van der Waals surface area contributed by atoms with Crippen LogP contribution in [0.25, 0.3) is 0 Å². The summed E-state index contributed by atoms with van der Waals surface area (Å²) < 4.78 is 45.6. The molecule has 0 radical (unpaired) electrons. The highest BCUT2D eigenvalue weighted by atomic mass is 79.9. The van der Waals surface area contributed by atoms with Gasteiger partial charge in [-0.1, -0.05) is 15.9 Å². The van der Waals surface area contributed by atoms with Crippen LogP contribution in [-0.4, -0.2) is 45.1 Å². The first kappa shape index (κ1) is 19.9. The first-order valence-corrected chi connectivity index (χ1v) is 9.09. The van der Waals surface area contributed by atoms with E-state index in [-0.39, 0.29) is 13.1 Å². The van der Waals surface area contributed by atoms with Gasteiger partial charge in [-0.05, 0) is 39.0 Å². The monoisotopic (exact) mass is 410 g/mol. The van der Waals surface area contributed by atoms with Crippen LogP contribution in [0.5, 0.6) is 0 Å². The van der Waals surface area contributed by atoms with Crippen molar-refractivity contribution in [3.63, 3.8) is 0 Å². The Balaban J connectivity index is 2.64. The van der Waals surface area contributed by atoms with Gasteiger partial charge in [0, 0.05) is 24.6 Å². The number of nitrogens with one attached hydrogen (secondary N) is 1. The normalized spacial score (nSPS) is 12.1.